The fourth-order valence-electron chi connectivity index (χ4n) is 3.80. The van der Waals surface area contributed by atoms with Crippen LogP contribution in [-0.4, -0.2) is 11.1 Å². The summed E-state index contributed by atoms with van der Waals surface area (Å²) in [5.74, 6) is 0.205. The van der Waals surface area contributed by atoms with Crippen molar-refractivity contribution in [2.75, 3.05) is 0 Å². The Labute approximate surface area is 175 Å². The molecule has 0 aliphatic rings. The summed E-state index contributed by atoms with van der Waals surface area (Å²) in [5.41, 5.74) is 5.95. The van der Waals surface area contributed by atoms with E-state index in [9.17, 15) is 9.90 Å². The van der Waals surface area contributed by atoms with Crippen molar-refractivity contribution < 1.29 is 14.6 Å². The molecule has 0 amide bonds. The molecule has 156 valence electrons. The largest absolute Gasteiger partial charge is 0.507 e. The van der Waals surface area contributed by atoms with E-state index in [0.717, 1.165) is 33.4 Å². The van der Waals surface area contributed by atoms with Gasteiger partial charge in [0.2, 0.25) is 0 Å². The first-order valence-electron chi connectivity index (χ1n) is 10.0. The minimum absolute atomic E-state index is 0.224. The van der Waals surface area contributed by atoms with Crippen LogP contribution in [0.5, 0.6) is 11.5 Å². The van der Waals surface area contributed by atoms with Gasteiger partial charge in [-0.05, 0) is 60.4 Å². The highest BCUT2D eigenvalue weighted by molar-refractivity contribution is 5.88. The summed E-state index contributed by atoms with van der Waals surface area (Å²) in [4.78, 5) is 12.2. The Kier molecular flexibility index (Phi) is 6.04. The van der Waals surface area contributed by atoms with Gasteiger partial charge in [-0.2, -0.15) is 0 Å². The number of phenols is 1. The summed E-state index contributed by atoms with van der Waals surface area (Å²) in [6, 6.07) is 5.96. The van der Waals surface area contributed by atoms with Crippen LogP contribution in [0.25, 0.3) is 11.1 Å². The SMILES string of the molecule is C=CC(=O)Oc1c(-c2cc(C)cc(C(C)(C)C)c2O)cc(C)c(C)c1C(C)(C)C. The molecule has 0 atom stereocenters. The minimum atomic E-state index is -0.511. The molecular weight excluding hydrogens is 360 g/mol. The van der Waals surface area contributed by atoms with Crippen molar-refractivity contribution in [3.63, 3.8) is 0 Å². The molecule has 0 spiro atoms. The first-order valence-corrected chi connectivity index (χ1v) is 10.0. The lowest BCUT2D eigenvalue weighted by atomic mass is 9.78. The topological polar surface area (TPSA) is 46.5 Å². The minimum Gasteiger partial charge on any atom is -0.507 e. The number of carbonyl (C=O) groups excluding carboxylic acids is 1. The average Bonchev–Trinajstić information content (AvgIpc) is 2.57. The van der Waals surface area contributed by atoms with Crippen molar-refractivity contribution >= 4 is 5.97 Å². The number of esters is 1. The second-order valence-corrected chi connectivity index (χ2v) is 9.90. The van der Waals surface area contributed by atoms with E-state index >= 15 is 0 Å². The number of aryl methyl sites for hydroxylation is 2. The predicted octanol–water partition coefficient (Wildman–Crippen LogP) is 6.67. The number of phenolic OH excluding ortho intramolecular Hbond substituents is 1. The molecule has 0 aromatic heterocycles. The van der Waals surface area contributed by atoms with Gasteiger partial charge in [-0.1, -0.05) is 54.2 Å². The number of carbonyl (C=O) groups is 1. The second kappa shape index (κ2) is 7.70. The van der Waals surface area contributed by atoms with Crippen molar-refractivity contribution in [1.82, 2.24) is 0 Å². The highest BCUT2D eigenvalue weighted by Gasteiger charge is 2.29. The van der Waals surface area contributed by atoms with Crippen LogP contribution >= 0.6 is 0 Å². The molecule has 0 unspecified atom stereocenters. The molecule has 2 aromatic rings. The number of hydrogen-bond donors (Lipinski definition) is 1. The van der Waals surface area contributed by atoms with E-state index in [1.165, 1.54) is 6.08 Å². The van der Waals surface area contributed by atoms with E-state index in [0.29, 0.717) is 11.3 Å². The van der Waals surface area contributed by atoms with Crippen LogP contribution < -0.4 is 4.74 Å². The molecule has 3 heteroatoms. The van der Waals surface area contributed by atoms with Crippen molar-refractivity contribution in [2.24, 2.45) is 0 Å². The summed E-state index contributed by atoms with van der Waals surface area (Å²) in [6.07, 6.45) is 1.17. The summed E-state index contributed by atoms with van der Waals surface area (Å²) in [6.45, 7) is 22.2. The third kappa shape index (κ3) is 4.55. The molecule has 29 heavy (non-hydrogen) atoms. The van der Waals surface area contributed by atoms with E-state index in [4.69, 9.17) is 4.74 Å². The van der Waals surface area contributed by atoms with Crippen molar-refractivity contribution in [3.05, 3.63) is 58.7 Å². The zero-order valence-corrected chi connectivity index (χ0v) is 19.3. The zero-order valence-electron chi connectivity index (χ0n) is 19.3. The van der Waals surface area contributed by atoms with Crippen LogP contribution in [0, 0.1) is 20.8 Å². The Morgan fingerprint density at radius 3 is 2.03 bits per heavy atom. The van der Waals surface area contributed by atoms with Crippen LogP contribution in [0.2, 0.25) is 0 Å². The molecule has 0 heterocycles. The number of hydrogen-bond acceptors (Lipinski definition) is 3. The van der Waals surface area contributed by atoms with E-state index in [1.807, 2.05) is 39.0 Å². The smallest absolute Gasteiger partial charge is 0.335 e. The van der Waals surface area contributed by atoms with Gasteiger partial charge in [0.05, 0.1) is 0 Å². The summed E-state index contributed by atoms with van der Waals surface area (Å²) < 4.78 is 5.79. The van der Waals surface area contributed by atoms with Crippen LogP contribution in [0.3, 0.4) is 0 Å². The van der Waals surface area contributed by atoms with E-state index < -0.39 is 5.97 Å². The van der Waals surface area contributed by atoms with Crippen LogP contribution in [0.4, 0.5) is 0 Å². The lowest BCUT2D eigenvalue weighted by Gasteiger charge is -2.29. The van der Waals surface area contributed by atoms with Gasteiger partial charge >= 0.3 is 5.97 Å². The third-order valence-electron chi connectivity index (χ3n) is 5.27. The van der Waals surface area contributed by atoms with E-state index in [-0.39, 0.29) is 16.6 Å². The maximum absolute atomic E-state index is 12.2. The maximum Gasteiger partial charge on any atom is 0.335 e. The van der Waals surface area contributed by atoms with Gasteiger partial charge in [0.1, 0.15) is 11.5 Å². The quantitative estimate of drug-likeness (QED) is 0.359. The highest BCUT2D eigenvalue weighted by atomic mass is 16.5. The Morgan fingerprint density at radius 2 is 1.55 bits per heavy atom. The van der Waals surface area contributed by atoms with Gasteiger partial charge in [0.15, 0.2) is 0 Å². The lowest BCUT2D eigenvalue weighted by Crippen LogP contribution is -2.19. The van der Waals surface area contributed by atoms with Crippen LogP contribution in [0.1, 0.15) is 69.4 Å². The Morgan fingerprint density at radius 1 is 0.966 bits per heavy atom. The summed E-state index contributed by atoms with van der Waals surface area (Å²) in [7, 11) is 0. The summed E-state index contributed by atoms with van der Waals surface area (Å²) in [5, 5.41) is 11.2. The molecule has 2 rings (SSSR count). The molecule has 3 nitrogen and oxygen atoms in total. The van der Waals surface area contributed by atoms with Gasteiger partial charge in [0, 0.05) is 28.3 Å². The number of aromatic hydroxyl groups is 1. The molecule has 0 saturated heterocycles. The first-order chi connectivity index (χ1) is 13.2. The van der Waals surface area contributed by atoms with Crippen molar-refractivity contribution in [2.45, 2.75) is 73.1 Å². The normalized spacial score (nSPS) is 12.0. The molecular formula is C26H34O3. The maximum atomic E-state index is 12.2. The fraction of sp³-hybridized carbons (Fsp3) is 0.423. The molecule has 0 radical (unpaired) electrons. The molecule has 0 aliphatic carbocycles. The molecule has 0 saturated carbocycles. The standard InChI is InChI=1S/C26H34O3/c1-11-21(27)29-24-19(14-16(3)17(4)22(24)26(8,9)10)18-12-15(2)13-20(23(18)28)25(5,6)7/h11-14,28H,1H2,2-10H3. The molecule has 0 fully saturated rings. The van der Waals surface area contributed by atoms with Crippen molar-refractivity contribution in [1.29, 1.82) is 0 Å². The molecule has 0 aliphatic heterocycles. The Hall–Kier alpha value is -2.55. The second-order valence-electron chi connectivity index (χ2n) is 9.90. The Balaban J connectivity index is 3.00. The van der Waals surface area contributed by atoms with Gasteiger partial charge in [0.25, 0.3) is 0 Å². The fourth-order valence-corrected chi connectivity index (χ4v) is 3.80. The Bertz CT molecular complexity index is 967. The average molecular weight is 395 g/mol. The molecule has 0 bridgehead atoms. The van der Waals surface area contributed by atoms with Gasteiger partial charge in [-0.25, -0.2) is 4.79 Å². The summed E-state index contributed by atoms with van der Waals surface area (Å²) >= 11 is 0. The van der Waals surface area contributed by atoms with Crippen LogP contribution in [-0.2, 0) is 15.6 Å². The van der Waals surface area contributed by atoms with Crippen LogP contribution in [0.15, 0.2) is 30.9 Å². The highest BCUT2D eigenvalue weighted by Crippen LogP contribution is 2.47. The molecule has 2 aromatic carbocycles. The number of rotatable bonds is 3. The number of ether oxygens (including phenoxy) is 1. The third-order valence-corrected chi connectivity index (χ3v) is 5.27. The monoisotopic (exact) mass is 394 g/mol. The molecule has 1 N–H and O–H groups in total. The first kappa shape index (κ1) is 22.7. The van der Waals surface area contributed by atoms with Gasteiger partial charge in [-0.3, -0.25) is 0 Å². The van der Waals surface area contributed by atoms with E-state index in [1.54, 1.807) is 0 Å². The van der Waals surface area contributed by atoms with Gasteiger partial charge in [-0.15, -0.1) is 0 Å². The van der Waals surface area contributed by atoms with E-state index in [2.05, 4.69) is 48.1 Å². The zero-order chi connectivity index (χ0) is 22.3. The predicted molar refractivity (Wildman–Crippen MR) is 121 cm³/mol. The van der Waals surface area contributed by atoms with Crippen molar-refractivity contribution in [3.8, 4) is 22.6 Å². The lowest BCUT2D eigenvalue weighted by molar-refractivity contribution is -0.129. The number of benzene rings is 2. The van der Waals surface area contributed by atoms with Gasteiger partial charge < -0.3 is 9.84 Å².